The number of fused-ring (bicyclic) bond motifs is 2. The van der Waals surface area contributed by atoms with Crippen LogP contribution in [0.5, 0.6) is 0 Å². The fourth-order valence-corrected chi connectivity index (χ4v) is 4.44. The van der Waals surface area contributed by atoms with Gasteiger partial charge in [0.05, 0.1) is 28.6 Å². The van der Waals surface area contributed by atoms with Crippen LogP contribution in [-0.4, -0.2) is 11.1 Å². The van der Waals surface area contributed by atoms with Crippen molar-refractivity contribution in [3.8, 4) is 6.07 Å². The molecule has 0 radical (unpaired) electrons. The van der Waals surface area contributed by atoms with E-state index in [1.165, 1.54) is 18.2 Å². The van der Waals surface area contributed by atoms with Crippen molar-refractivity contribution in [1.29, 1.82) is 5.26 Å². The summed E-state index contributed by atoms with van der Waals surface area (Å²) in [5, 5.41) is 21.9. The van der Waals surface area contributed by atoms with Crippen LogP contribution in [0.25, 0.3) is 11.0 Å². The summed E-state index contributed by atoms with van der Waals surface area (Å²) in [6.45, 7) is 2.72. The van der Waals surface area contributed by atoms with Crippen molar-refractivity contribution in [2.45, 2.75) is 26.1 Å². The number of nitriles is 1. The van der Waals surface area contributed by atoms with E-state index in [0.717, 1.165) is 17.2 Å². The molecule has 0 amide bonds. The second-order valence-corrected chi connectivity index (χ2v) is 8.49. The number of halogens is 1. The maximum Gasteiger partial charge on any atom is 0.337 e. The van der Waals surface area contributed by atoms with Gasteiger partial charge >= 0.3 is 5.97 Å². The number of rotatable bonds is 5. The van der Waals surface area contributed by atoms with Crippen LogP contribution in [0, 0.1) is 17.1 Å². The number of anilines is 2. The predicted molar refractivity (Wildman–Crippen MR) is 129 cm³/mol. The lowest BCUT2D eigenvalue weighted by atomic mass is 10.0. The lowest BCUT2D eigenvalue weighted by Crippen LogP contribution is -2.18. The van der Waals surface area contributed by atoms with E-state index < -0.39 is 17.8 Å². The van der Waals surface area contributed by atoms with Crippen LogP contribution < -0.4 is 15.6 Å². The van der Waals surface area contributed by atoms with Crippen molar-refractivity contribution in [2.75, 3.05) is 10.2 Å². The summed E-state index contributed by atoms with van der Waals surface area (Å²) in [7, 11) is 0. The molecule has 1 aliphatic heterocycles. The van der Waals surface area contributed by atoms with E-state index in [9.17, 15) is 24.3 Å². The normalized spacial score (nSPS) is 13.3. The van der Waals surface area contributed by atoms with Crippen molar-refractivity contribution < 1.29 is 18.7 Å². The van der Waals surface area contributed by atoms with Crippen LogP contribution in [0.3, 0.4) is 0 Å². The van der Waals surface area contributed by atoms with E-state index in [0.29, 0.717) is 35.8 Å². The number of carboxylic acid groups (broad SMARTS) is 1. The SMILES string of the molecule is CC(Nc1ccccc1C(=O)O)c1cc(F)cc2c(=O)cc(N3Cc4ccc(C#N)cc4C3)oc12. The minimum absolute atomic E-state index is 0.0776. The van der Waals surface area contributed by atoms with Crippen molar-refractivity contribution in [3.63, 3.8) is 0 Å². The Morgan fingerprint density at radius 3 is 2.69 bits per heavy atom. The monoisotopic (exact) mass is 469 g/mol. The molecule has 1 unspecified atom stereocenters. The Morgan fingerprint density at radius 1 is 1.14 bits per heavy atom. The van der Waals surface area contributed by atoms with Gasteiger partial charge in [-0.05, 0) is 54.4 Å². The van der Waals surface area contributed by atoms with Crippen LogP contribution in [0.2, 0.25) is 0 Å². The fourth-order valence-electron chi connectivity index (χ4n) is 4.44. The minimum atomic E-state index is -1.09. The Kier molecular flexibility index (Phi) is 5.46. The summed E-state index contributed by atoms with van der Waals surface area (Å²) in [4.78, 5) is 26.4. The summed E-state index contributed by atoms with van der Waals surface area (Å²) >= 11 is 0. The van der Waals surface area contributed by atoms with Gasteiger partial charge in [-0.1, -0.05) is 18.2 Å². The van der Waals surface area contributed by atoms with E-state index in [1.807, 2.05) is 17.0 Å². The smallest absolute Gasteiger partial charge is 0.337 e. The van der Waals surface area contributed by atoms with Gasteiger partial charge in [-0.25, -0.2) is 9.18 Å². The molecule has 0 spiro atoms. The Labute approximate surface area is 199 Å². The van der Waals surface area contributed by atoms with Gasteiger partial charge in [-0.2, -0.15) is 5.26 Å². The summed E-state index contributed by atoms with van der Waals surface area (Å²) in [6.07, 6.45) is 0. The van der Waals surface area contributed by atoms with Gasteiger partial charge in [0.1, 0.15) is 11.4 Å². The molecule has 1 aromatic heterocycles. The molecule has 8 heteroatoms. The van der Waals surface area contributed by atoms with E-state index >= 15 is 0 Å². The van der Waals surface area contributed by atoms with Crippen molar-refractivity contribution in [2.24, 2.45) is 0 Å². The number of aromatic carboxylic acids is 1. The van der Waals surface area contributed by atoms with E-state index in [2.05, 4.69) is 11.4 Å². The first-order valence-electron chi connectivity index (χ1n) is 11.0. The molecule has 0 saturated carbocycles. The largest absolute Gasteiger partial charge is 0.478 e. The van der Waals surface area contributed by atoms with Gasteiger partial charge < -0.3 is 19.7 Å². The topological polar surface area (TPSA) is 107 Å². The number of nitrogens with one attached hydrogen (secondary N) is 1. The number of carbonyl (C=O) groups is 1. The van der Waals surface area contributed by atoms with E-state index in [1.54, 1.807) is 31.2 Å². The molecule has 35 heavy (non-hydrogen) atoms. The van der Waals surface area contributed by atoms with E-state index in [-0.39, 0.29) is 22.0 Å². The highest BCUT2D eigenvalue weighted by atomic mass is 19.1. The zero-order valence-corrected chi connectivity index (χ0v) is 18.7. The van der Waals surface area contributed by atoms with Crippen LogP contribution in [0.15, 0.2) is 69.9 Å². The molecule has 0 aliphatic carbocycles. The highest BCUT2D eigenvalue weighted by molar-refractivity contribution is 5.94. The summed E-state index contributed by atoms with van der Waals surface area (Å²) in [6, 6.07) is 17.2. The Hall–Kier alpha value is -4.64. The highest BCUT2D eigenvalue weighted by Crippen LogP contribution is 2.33. The van der Waals surface area contributed by atoms with Crippen LogP contribution >= 0.6 is 0 Å². The van der Waals surface area contributed by atoms with Crippen molar-refractivity contribution >= 4 is 28.5 Å². The number of hydrogen-bond acceptors (Lipinski definition) is 6. The quantitative estimate of drug-likeness (QED) is 0.414. The lowest BCUT2D eigenvalue weighted by Gasteiger charge is -2.20. The average molecular weight is 469 g/mol. The van der Waals surface area contributed by atoms with Gasteiger partial charge in [0.25, 0.3) is 0 Å². The van der Waals surface area contributed by atoms with Crippen molar-refractivity contribution in [3.05, 3.63) is 105 Å². The number of para-hydroxylation sites is 1. The molecule has 174 valence electrons. The zero-order valence-electron chi connectivity index (χ0n) is 18.7. The van der Waals surface area contributed by atoms with Gasteiger partial charge in [-0.3, -0.25) is 4.79 Å². The Balaban J connectivity index is 1.55. The first-order chi connectivity index (χ1) is 16.8. The molecule has 1 atom stereocenters. The molecule has 1 aliphatic rings. The minimum Gasteiger partial charge on any atom is -0.478 e. The number of hydrogen-bond donors (Lipinski definition) is 2. The third kappa shape index (κ3) is 4.08. The van der Waals surface area contributed by atoms with Gasteiger partial charge in [-0.15, -0.1) is 0 Å². The van der Waals surface area contributed by atoms with Gasteiger partial charge in [0.2, 0.25) is 5.88 Å². The molecule has 5 rings (SSSR count). The average Bonchev–Trinajstić information content (AvgIpc) is 3.27. The van der Waals surface area contributed by atoms with Gasteiger partial charge in [0.15, 0.2) is 5.43 Å². The molecular weight excluding hydrogens is 449 g/mol. The predicted octanol–water partition coefficient (Wildman–Crippen LogP) is 5.20. The first-order valence-corrected chi connectivity index (χ1v) is 11.0. The molecule has 3 aromatic carbocycles. The third-order valence-corrected chi connectivity index (χ3v) is 6.17. The highest BCUT2D eigenvalue weighted by Gasteiger charge is 2.24. The molecule has 2 N–H and O–H groups in total. The van der Waals surface area contributed by atoms with Gasteiger partial charge in [0, 0.05) is 30.4 Å². The maximum absolute atomic E-state index is 14.5. The van der Waals surface area contributed by atoms with Crippen LogP contribution in [0.4, 0.5) is 16.0 Å². The molecular formula is C27H20FN3O4. The van der Waals surface area contributed by atoms with Crippen LogP contribution in [0.1, 0.15) is 45.6 Å². The van der Waals surface area contributed by atoms with Crippen LogP contribution in [-0.2, 0) is 13.1 Å². The second kappa shape index (κ2) is 8.61. The molecule has 4 aromatic rings. The third-order valence-electron chi connectivity index (χ3n) is 6.17. The summed E-state index contributed by atoms with van der Waals surface area (Å²) in [5.41, 5.74) is 3.26. The number of nitrogens with zero attached hydrogens (tertiary/aromatic N) is 2. The zero-order chi connectivity index (χ0) is 24.7. The summed E-state index contributed by atoms with van der Waals surface area (Å²) in [5.74, 6) is -1.35. The van der Waals surface area contributed by atoms with E-state index in [4.69, 9.17) is 4.42 Å². The number of benzene rings is 3. The molecule has 0 saturated heterocycles. The number of carboxylic acids is 1. The Bertz CT molecular complexity index is 1590. The van der Waals surface area contributed by atoms with Crippen molar-refractivity contribution in [1.82, 2.24) is 0 Å². The lowest BCUT2D eigenvalue weighted by molar-refractivity contribution is 0.0698. The Morgan fingerprint density at radius 2 is 1.91 bits per heavy atom. The standard InChI is InChI=1S/C27H20FN3O4/c1-15(30-23-5-3-2-4-20(23)27(33)34)21-9-19(28)10-22-24(32)11-25(35-26(21)22)31-13-17-7-6-16(12-29)8-18(17)14-31/h2-11,15,30H,13-14H2,1H3,(H,33,34). The molecule has 0 fully saturated rings. The molecule has 0 bridgehead atoms. The fraction of sp³-hybridized carbons (Fsp3) is 0.148. The second-order valence-electron chi connectivity index (χ2n) is 8.49. The first kappa shape index (κ1) is 22.2. The molecule has 7 nitrogen and oxygen atoms in total. The maximum atomic E-state index is 14.5. The molecule has 2 heterocycles. The summed E-state index contributed by atoms with van der Waals surface area (Å²) < 4.78 is 20.7.